The Kier molecular flexibility index (Phi) is 4.80. The maximum absolute atomic E-state index is 12.7. The fourth-order valence-electron chi connectivity index (χ4n) is 4.32. The minimum Gasteiger partial charge on any atom is -0.468 e. The summed E-state index contributed by atoms with van der Waals surface area (Å²) in [6.07, 6.45) is 5.00. The maximum atomic E-state index is 12.7. The molecule has 1 aromatic carbocycles. The summed E-state index contributed by atoms with van der Waals surface area (Å²) in [5.74, 6) is -1.30. The highest BCUT2D eigenvalue weighted by molar-refractivity contribution is 6.02. The molecule has 1 fully saturated rings. The van der Waals surface area contributed by atoms with E-state index < -0.39 is 17.4 Å². The van der Waals surface area contributed by atoms with E-state index in [-0.39, 0.29) is 5.92 Å². The Hall–Kier alpha value is -2.36. The molecule has 1 aromatic rings. The number of benzene rings is 1. The first kappa shape index (κ1) is 17.5. The summed E-state index contributed by atoms with van der Waals surface area (Å²) in [6.45, 7) is 2.05. The van der Waals surface area contributed by atoms with Gasteiger partial charge >= 0.3 is 11.9 Å². The lowest BCUT2D eigenvalue weighted by atomic mass is 9.60. The largest absolute Gasteiger partial charge is 0.468 e. The van der Waals surface area contributed by atoms with Crippen LogP contribution in [0.1, 0.15) is 38.2 Å². The van der Waals surface area contributed by atoms with Crippen molar-refractivity contribution in [2.45, 2.75) is 32.6 Å². The molecular weight excluding hydrogens is 316 g/mol. The Morgan fingerprint density at radius 1 is 1.08 bits per heavy atom. The Labute approximate surface area is 148 Å². The van der Waals surface area contributed by atoms with Crippen molar-refractivity contribution in [3.63, 3.8) is 0 Å². The third-order valence-electron chi connectivity index (χ3n) is 5.44. The minimum atomic E-state index is -1.28. The molecule has 0 spiro atoms. The number of ether oxygens (including phenoxy) is 2. The van der Waals surface area contributed by atoms with Crippen molar-refractivity contribution in [3.05, 3.63) is 53.1 Å². The molecule has 2 aliphatic rings. The van der Waals surface area contributed by atoms with Crippen LogP contribution in [0, 0.1) is 11.3 Å². The first-order valence-corrected chi connectivity index (χ1v) is 8.66. The fraction of sp³-hybridized carbons (Fsp3) is 0.429. The van der Waals surface area contributed by atoms with Crippen LogP contribution < -0.4 is 0 Å². The molecule has 25 heavy (non-hydrogen) atoms. The summed E-state index contributed by atoms with van der Waals surface area (Å²) in [6, 6.07) is 10.2. The van der Waals surface area contributed by atoms with Crippen LogP contribution >= 0.6 is 0 Å². The fourth-order valence-corrected chi connectivity index (χ4v) is 4.32. The molecule has 0 bridgehead atoms. The number of hydrogen-bond acceptors (Lipinski definition) is 4. The Balaban J connectivity index is 2.19. The van der Waals surface area contributed by atoms with E-state index in [0.29, 0.717) is 6.42 Å². The first-order chi connectivity index (χ1) is 12.0. The molecule has 0 aliphatic heterocycles. The molecular formula is C21H24O4. The van der Waals surface area contributed by atoms with Crippen LogP contribution in [0.5, 0.6) is 0 Å². The average molecular weight is 340 g/mol. The van der Waals surface area contributed by atoms with Crippen molar-refractivity contribution >= 4 is 17.5 Å². The standard InChI is InChI=1S/C21H24O4/c1-14-12-17(15-8-5-4-6-9-15)16-10-7-11-21(18(16)13-14,19(22)24-2)20(23)25-3/h4-6,8-9,13,18H,7,10-12H2,1-3H3. The van der Waals surface area contributed by atoms with Gasteiger partial charge in [-0.15, -0.1) is 0 Å². The Bertz CT molecular complexity index is 726. The van der Waals surface area contributed by atoms with Crippen molar-refractivity contribution in [1.82, 2.24) is 0 Å². The van der Waals surface area contributed by atoms with Crippen LogP contribution in [0.15, 0.2) is 47.6 Å². The predicted octanol–water partition coefficient (Wildman–Crippen LogP) is 3.92. The van der Waals surface area contributed by atoms with Crippen LogP contribution in [-0.4, -0.2) is 26.2 Å². The third-order valence-corrected chi connectivity index (χ3v) is 5.44. The van der Waals surface area contributed by atoms with Gasteiger partial charge in [-0.3, -0.25) is 9.59 Å². The second kappa shape index (κ2) is 6.87. The summed E-state index contributed by atoms with van der Waals surface area (Å²) in [5, 5.41) is 0. The van der Waals surface area contributed by atoms with Crippen LogP contribution in [0.25, 0.3) is 5.57 Å². The Morgan fingerprint density at radius 3 is 2.32 bits per heavy atom. The van der Waals surface area contributed by atoms with Gasteiger partial charge in [-0.25, -0.2) is 0 Å². The molecule has 0 N–H and O–H groups in total. The van der Waals surface area contributed by atoms with Crippen LogP contribution in [0.2, 0.25) is 0 Å². The van der Waals surface area contributed by atoms with Crippen molar-refractivity contribution in [2.75, 3.05) is 14.2 Å². The third kappa shape index (κ3) is 2.80. The molecule has 0 radical (unpaired) electrons. The Morgan fingerprint density at radius 2 is 1.72 bits per heavy atom. The number of carbonyl (C=O) groups excluding carboxylic acids is 2. The summed E-state index contributed by atoms with van der Waals surface area (Å²) in [7, 11) is 2.67. The molecule has 0 heterocycles. The van der Waals surface area contributed by atoms with Gasteiger partial charge in [-0.2, -0.15) is 0 Å². The van der Waals surface area contributed by atoms with E-state index in [9.17, 15) is 9.59 Å². The maximum Gasteiger partial charge on any atom is 0.324 e. The van der Waals surface area contributed by atoms with Gasteiger partial charge in [0.1, 0.15) is 0 Å². The zero-order chi connectivity index (χ0) is 18.0. The topological polar surface area (TPSA) is 52.6 Å². The van der Waals surface area contributed by atoms with Gasteiger partial charge in [0.15, 0.2) is 5.41 Å². The molecule has 4 nitrogen and oxygen atoms in total. The summed E-state index contributed by atoms with van der Waals surface area (Å²) in [5.41, 5.74) is 3.42. The smallest absolute Gasteiger partial charge is 0.324 e. The van der Waals surface area contributed by atoms with E-state index >= 15 is 0 Å². The lowest BCUT2D eigenvalue weighted by Gasteiger charge is -2.42. The van der Waals surface area contributed by atoms with Crippen molar-refractivity contribution in [1.29, 1.82) is 0 Å². The van der Waals surface area contributed by atoms with Gasteiger partial charge in [-0.05, 0) is 43.7 Å². The predicted molar refractivity (Wildman–Crippen MR) is 95.5 cm³/mol. The van der Waals surface area contributed by atoms with Crippen molar-refractivity contribution < 1.29 is 19.1 Å². The lowest BCUT2D eigenvalue weighted by Crippen LogP contribution is -2.49. The molecule has 1 saturated carbocycles. The molecule has 1 atom stereocenters. The number of fused-ring (bicyclic) bond motifs is 1. The zero-order valence-electron chi connectivity index (χ0n) is 15.0. The quantitative estimate of drug-likeness (QED) is 0.475. The van der Waals surface area contributed by atoms with Gasteiger partial charge in [-0.1, -0.05) is 47.6 Å². The van der Waals surface area contributed by atoms with Crippen LogP contribution in [-0.2, 0) is 19.1 Å². The van der Waals surface area contributed by atoms with Crippen molar-refractivity contribution in [3.8, 4) is 0 Å². The highest BCUT2D eigenvalue weighted by atomic mass is 16.5. The number of rotatable bonds is 3. The molecule has 0 saturated heterocycles. The SMILES string of the molecule is COC(=O)C1(C(=O)OC)CCCC2=C(c3ccccc3)CC(C)=CC21. The summed E-state index contributed by atoms with van der Waals surface area (Å²) >= 11 is 0. The number of allylic oxidation sites excluding steroid dienone is 4. The van der Waals surface area contributed by atoms with Gasteiger partial charge in [0.25, 0.3) is 0 Å². The second-order valence-corrected chi connectivity index (χ2v) is 6.85. The number of methoxy groups -OCH3 is 2. The highest BCUT2D eigenvalue weighted by Crippen LogP contribution is 2.52. The molecule has 1 unspecified atom stereocenters. The van der Waals surface area contributed by atoms with E-state index in [4.69, 9.17) is 9.47 Å². The monoisotopic (exact) mass is 340 g/mol. The average Bonchev–Trinajstić information content (AvgIpc) is 2.66. The number of esters is 2. The second-order valence-electron chi connectivity index (χ2n) is 6.85. The lowest BCUT2D eigenvalue weighted by molar-refractivity contribution is -0.173. The highest BCUT2D eigenvalue weighted by Gasteiger charge is 2.57. The summed E-state index contributed by atoms with van der Waals surface area (Å²) in [4.78, 5) is 25.4. The van der Waals surface area contributed by atoms with Gasteiger partial charge < -0.3 is 9.47 Å². The molecule has 4 heteroatoms. The van der Waals surface area contributed by atoms with E-state index in [1.54, 1.807) is 0 Å². The van der Waals surface area contributed by atoms with Gasteiger partial charge in [0, 0.05) is 5.92 Å². The molecule has 3 rings (SSSR count). The molecule has 132 valence electrons. The van der Waals surface area contributed by atoms with E-state index in [1.807, 2.05) is 25.1 Å². The van der Waals surface area contributed by atoms with Crippen LogP contribution in [0.4, 0.5) is 0 Å². The van der Waals surface area contributed by atoms with E-state index in [1.165, 1.54) is 25.4 Å². The van der Waals surface area contributed by atoms with Crippen LogP contribution in [0.3, 0.4) is 0 Å². The van der Waals surface area contributed by atoms with Gasteiger partial charge in [0.05, 0.1) is 14.2 Å². The van der Waals surface area contributed by atoms with E-state index in [2.05, 4.69) is 18.2 Å². The van der Waals surface area contributed by atoms with Crippen molar-refractivity contribution in [2.24, 2.45) is 11.3 Å². The summed E-state index contributed by atoms with van der Waals surface area (Å²) < 4.78 is 10.1. The molecule has 0 amide bonds. The minimum absolute atomic E-state index is 0.301. The molecule has 2 aliphatic carbocycles. The normalized spacial score (nSPS) is 21.9. The van der Waals surface area contributed by atoms with Gasteiger partial charge in [0.2, 0.25) is 0 Å². The number of hydrogen-bond donors (Lipinski definition) is 0. The first-order valence-electron chi connectivity index (χ1n) is 8.66. The van der Waals surface area contributed by atoms with E-state index in [0.717, 1.165) is 30.4 Å². The number of carbonyl (C=O) groups is 2. The molecule has 0 aromatic heterocycles. The zero-order valence-corrected chi connectivity index (χ0v) is 15.0.